The van der Waals surface area contributed by atoms with Crippen molar-refractivity contribution in [3.8, 4) is 0 Å². The first-order valence-electron chi connectivity index (χ1n) is 10.6. The van der Waals surface area contributed by atoms with E-state index in [1.165, 1.54) is 24.3 Å². The summed E-state index contributed by atoms with van der Waals surface area (Å²) in [5.74, 6) is 0.181. The van der Waals surface area contributed by atoms with Gasteiger partial charge in [0.15, 0.2) is 0 Å². The molecule has 0 spiro atoms. The molecule has 1 amide bonds. The molecule has 0 saturated carbocycles. The minimum Gasteiger partial charge on any atom is -0.307 e. The summed E-state index contributed by atoms with van der Waals surface area (Å²) in [6.45, 7) is 1.50. The van der Waals surface area contributed by atoms with Crippen LogP contribution < -0.4 is 5.32 Å². The number of nitrogens with one attached hydrogen (secondary N) is 1. The van der Waals surface area contributed by atoms with E-state index in [2.05, 4.69) is 10.4 Å². The van der Waals surface area contributed by atoms with E-state index in [1.54, 1.807) is 27.3 Å². The number of hydrogen-bond donors (Lipinski definition) is 1. The van der Waals surface area contributed by atoms with Crippen LogP contribution in [-0.4, -0.2) is 41.5 Å². The fourth-order valence-corrected chi connectivity index (χ4v) is 5.46. The van der Waals surface area contributed by atoms with Gasteiger partial charge in [0.1, 0.15) is 5.82 Å². The number of rotatable bonds is 6. The molecule has 4 rings (SSSR count). The van der Waals surface area contributed by atoms with E-state index in [4.69, 9.17) is 11.6 Å². The number of halogens is 1. The summed E-state index contributed by atoms with van der Waals surface area (Å²) < 4.78 is 29.0. The Hall–Kier alpha value is -2.68. The molecule has 1 aliphatic heterocycles. The molecule has 1 fully saturated rings. The smallest absolute Gasteiger partial charge is 0.256 e. The first-order chi connectivity index (χ1) is 15.4. The molecule has 2 aromatic carbocycles. The van der Waals surface area contributed by atoms with Gasteiger partial charge in [0, 0.05) is 29.7 Å². The maximum Gasteiger partial charge on any atom is 0.256 e. The van der Waals surface area contributed by atoms with Crippen LogP contribution in [0.25, 0.3) is 0 Å². The predicted molar refractivity (Wildman–Crippen MR) is 124 cm³/mol. The van der Waals surface area contributed by atoms with Crippen molar-refractivity contribution < 1.29 is 13.2 Å². The van der Waals surface area contributed by atoms with Crippen LogP contribution in [0, 0.1) is 0 Å². The Balaban J connectivity index is 1.46. The summed E-state index contributed by atoms with van der Waals surface area (Å²) in [5, 5.41) is 7.72. The highest BCUT2D eigenvalue weighted by molar-refractivity contribution is 7.89. The summed E-state index contributed by atoms with van der Waals surface area (Å²) >= 11 is 6.23. The Bertz CT molecular complexity index is 1180. The fraction of sp³-hybridized carbons (Fsp3) is 0.304. The van der Waals surface area contributed by atoms with E-state index in [0.29, 0.717) is 36.0 Å². The molecule has 0 unspecified atom stereocenters. The van der Waals surface area contributed by atoms with E-state index in [-0.39, 0.29) is 10.8 Å². The lowest BCUT2D eigenvalue weighted by atomic mass is 10.2. The lowest BCUT2D eigenvalue weighted by Crippen LogP contribution is -2.31. The second-order valence-corrected chi connectivity index (χ2v) is 10.1. The molecule has 1 saturated heterocycles. The molecule has 0 atom stereocenters. The number of nitrogens with zero attached hydrogens (tertiary/aromatic N) is 3. The highest BCUT2D eigenvalue weighted by Crippen LogP contribution is 2.22. The number of aromatic nitrogens is 2. The van der Waals surface area contributed by atoms with Crippen molar-refractivity contribution in [2.75, 3.05) is 18.4 Å². The summed E-state index contributed by atoms with van der Waals surface area (Å²) in [6.07, 6.45) is 5.46. The van der Waals surface area contributed by atoms with Gasteiger partial charge in [-0.3, -0.25) is 4.79 Å². The largest absolute Gasteiger partial charge is 0.307 e. The quantitative estimate of drug-likeness (QED) is 0.576. The monoisotopic (exact) mass is 472 g/mol. The first kappa shape index (κ1) is 22.5. The van der Waals surface area contributed by atoms with Gasteiger partial charge >= 0.3 is 0 Å². The molecule has 7 nitrogen and oxygen atoms in total. The lowest BCUT2D eigenvalue weighted by molar-refractivity contribution is 0.102. The Kier molecular flexibility index (Phi) is 6.93. The van der Waals surface area contributed by atoms with Crippen molar-refractivity contribution in [1.29, 1.82) is 0 Å². The molecule has 0 bridgehead atoms. The topological polar surface area (TPSA) is 84.3 Å². The molecule has 9 heteroatoms. The third-order valence-corrected chi connectivity index (χ3v) is 7.84. The molecule has 32 heavy (non-hydrogen) atoms. The second kappa shape index (κ2) is 9.85. The van der Waals surface area contributed by atoms with Crippen molar-refractivity contribution in [3.63, 3.8) is 0 Å². The van der Waals surface area contributed by atoms with Crippen LogP contribution in [0.15, 0.2) is 65.7 Å². The maximum atomic E-state index is 12.9. The molecule has 3 aromatic rings. The van der Waals surface area contributed by atoms with Crippen LogP contribution >= 0.6 is 11.6 Å². The van der Waals surface area contributed by atoms with Gasteiger partial charge in [0.05, 0.1) is 17.6 Å². The lowest BCUT2D eigenvalue weighted by Gasteiger charge is -2.20. The molecule has 0 aliphatic carbocycles. The summed E-state index contributed by atoms with van der Waals surface area (Å²) in [6, 6.07) is 15.2. The average Bonchev–Trinajstić information content (AvgIpc) is 3.04. The van der Waals surface area contributed by atoms with E-state index in [9.17, 15) is 13.2 Å². The van der Waals surface area contributed by atoms with Crippen molar-refractivity contribution in [3.05, 3.63) is 76.9 Å². The molecule has 1 N–H and O–H groups in total. The zero-order valence-electron chi connectivity index (χ0n) is 17.6. The third-order valence-electron chi connectivity index (χ3n) is 5.56. The van der Waals surface area contributed by atoms with Crippen molar-refractivity contribution in [2.45, 2.75) is 37.1 Å². The third kappa shape index (κ3) is 5.03. The fourth-order valence-electron chi connectivity index (χ4n) is 3.75. The summed E-state index contributed by atoms with van der Waals surface area (Å²) in [7, 11) is -3.55. The van der Waals surface area contributed by atoms with Gasteiger partial charge in [-0.2, -0.15) is 9.40 Å². The van der Waals surface area contributed by atoms with Crippen LogP contribution in [0.3, 0.4) is 0 Å². The van der Waals surface area contributed by atoms with Gasteiger partial charge in [0.2, 0.25) is 10.0 Å². The van der Waals surface area contributed by atoms with Crippen LogP contribution in [0.4, 0.5) is 5.82 Å². The van der Waals surface area contributed by atoms with Crippen LogP contribution in [0.1, 0.15) is 41.6 Å². The average molecular weight is 473 g/mol. The Morgan fingerprint density at radius 1 is 0.969 bits per heavy atom. The van der Waals surface area contributed by atoms with Gasteiger partial charge in [-0.15, -0.1) is 0 Å². The van der Waals surface area contributed by atoms with Crippen molar-refractivity contribution in [2.24, 2.45) is 0 Å². The molecule has 1 aromatic heterocycles. The highest BCUT2D eigenvalue weighted by atomic mass is 35.5. The molecular formula is C23H25ClN4O3S. The number of carbonyl (C=O) groups excluding carboxylic acids is 1. The van der Waals surface area contributed by atoms with Crippen LogP contribution in [0.5, 0.6) is 0 Å². The molecule has 168 valence electrons. The SMILES string of the molecule is O=C(Nc1ccnn1Cc1ccccc1Cl)c1ccc(S(=O)(=O)N2CCCCCC2)cc1. The molecular weight excluding hydrogens is 448 g/mol. The number of anilines is 1. The van der Waals surface area contributed by atoms with E-state index < -0.39 is 10.0 Å². The van der Waals surface area contributed by atoms with Gasteiger partial charge < -0.3 is 5.32 Å². The van der Waals surface area contributed by atoms with E-state index in [0.717, 1.165) is 31.2 Å². The summed E-state index contributed by atoms with van der Waals surface area (Å²) in [4.78, 5) is 13.0. The standard InChI is InChI=1S/C23H25ClN4O3S/c24-21-8-4-3-7-19(21)17-28-22(13-14-25-28)26-23(29)18-9-11-20(12-10-18)32(30,31)27-15-5-1-2-6-16-27/h3-4,7-14H,1-2,5-6,15-17H2,(H,26,29). The minimum atomic E-state index is -3.55. The van der Waals surface area contributed by atoms with Crippen molar-refractivity contribution >= 4 is 33.3 Å². The number of carbonyl (C=O) groups is 1. The second-order valence-electron chi connectivity index (χ2n) is 7.76. The minimum absolute atomic E-state index is 0.208. The van der Waals surface area contributed by atoms with Gasteiger partial charge in [0.25, 0.3) is 5.91 Å². The van der Waals surface area contributed by atoms with E-state index in [1.807, 2.05) is 18.2 Å². The molecule has 2 heterocycles. The van der Waals surface area contributed by atoms with Crippen molar-refractivity contribution in [1.82, 2.24) is 14.1 Å². The van der Waals surface area contributed by atoms with Gasteiger partial charge in [-0.05, 0) is 48.7 Å². The maximum absolute atomic E-state index is 12.9. The van der Waals surface area contributed by atoms with Gasteiger partial charge in [-0.25, -0.2) is 13.1 Å². The molecule has 1 aliphatic rings. The number of sulfonamides is 1. The number of hydrogen-bond acceptors (Lipinski definition) is 4. The highest BCUT2D eigenvalue weighted by Gasteiger charge is 2.25. The Morgan fingerprint density at radius 3 is 2.34 bits per heavy atom. The first-order valence-corrected chi connectivity index (χ1v) is 12.4. The Morgan fingerprint density at radius 2 is 1.66 bits per heavy atom. The summed E-state index contributed by atoms with van der Waals surface area (Å²) in [5.41, 5.74) is 1.25. The number of amides is 1. The van der Waals surface area contributed by atoms with Crippen LogP contribution in [0.2, 0.25) is 5.02 Å². The Labute approximate surface area is 193 Å². The normalized spacial score (nSPS) is 15.3. The van der Waals surface area contributed by atoms with Gasteiger partial charge in [-0.1, -0.05) is 42.6 Å². The predicted octanol–water partition coefficient (Wildman–Crippen LogP) is 4.40. The molecule has 0 radical (unpaired) electrons. The van der Waals surface area contributed by atoms with Crippen LogP contribution in [-0.2, 0) is 16.6 Å². The zero-order chi connectivity index (χ0) is 22.6. The van der Waals surface area contributed by atoms with E-state index >= 15 is 0 Å². The number of benzene rings is 2. The zero-order valence-corrected chi connectivity index (χ0v) is 19.1.